The van der Waals surface area contributed by atoms with Gasteiger partial charge in [-0.3, -0.25) is 4.90 Å². The van der Waals surface area contributed by atoms with Crippen molar-refractivity contribution >= 4 is 11.6 Å². The highest BCUT2D eigenvalue weighted by molar-refractivity contribution is 6.20. The van der Waals surface area contributed by atoms with Gasteiger partial charge in [0.15, 0.2) is 0 Å². The fourth-order valence-electron chi connectivity index (χ4n) is 1.99. The Morgan fingerprint density at radius 3 is 2.73 bits per heavy atom. The number of halogens is 2. The molecular formula is C12H15ClFN. The summed E-state index contributed by atoms with van der Waals surface area (Å²) in [5, 5.41) is 0.277. The number of piperidine rings is 1. The lowest BCUT2D eigenvalue weighted by Crippen LogP contribution is -2.35. The Hall–Kier alpha value is -0.600. The van der Waals surface area contributed by atoms with Gasteiger partial charge in [0.1, 0.15) is 5.82 Å². The maximum Gasteiger partial charge on any atom is 0.123 e. The molecule has 1 aliphatic rings. The first kappa shape index (κ1) is 10.9. The lowest BCUT2D eigenvalue weighted by atomic mass is 10.1. The van der Waals surface area contributed by atoms with Gasteiger partial charge >= 0.3 is 0 Å². The maximum atomic E-state index is 12.7. The van der Waals surface area contributed by atoms with E-state index in [1.165, 1.54) is 12.1 Å². The monoisotopic (exact) mass is 227 g/mol. The molecule has 1 fully saturated rings. The van der Waals surface area contributed by atoms with E-state index in [0.29, 0.717) is 0 Å². The smallest absolute Gasteiger partial charge is 0.123 e. The molecule has 0 aromatic heterocycles. The molecule has 0 radical (unpaired) electrons. The fraction of sp³-hybridized carbons (Fsp3) is 0.500. The summed E-state index contributed by atoms with van der Waals surface area (Å²) in [5.41, 5.74) is 1.15. The number of likely N-dealkylation sites (tertiary alicyclic amines) is 1. The standard InChI is InChI=1S/C12H15ClFN/c13-11-2-1-7-15(9-11)8-10-3-5-12(14)6-4-10/h3-6,11H,1-2,7-9H2. The molecule has 1 heterocycles. The molecule has 15 heavy (non-hydrogen) atoms. The summed E-state index contributed by atoms with van der Waals surface area (Å²) >= 11 is 6.10. The molecule has 82 valence electrons. The molecular weight excluding hydrogens is 213 g/mol. The van der Waals surface area contributed by atoms with Crippen LogP contribution in [0.1, 0.15) is 18.4 Å². The highest BCUT2D eigenvalue weighted by atomic mass is 35.5. The molecule has 1 aromatic rings. The molecule has 0 saturated carbocycles. The van der Waals surface area contributed by atoms with Crippen LogP contribution in [0, 0.1) is 5.82 Å². The van der Waals surface area contributed by atoms with Gasteiger partial charge < -0.3 is 0 Å². The summed E-state index contributed by atoms with van der Waals surface area (Å²) in [4.78, 5) is 2.33. The maximum absolute atomic E-state index is 12.7. The van der Waals surface area contributed by atoms with Crippen LogP contribution >= 0.6 is 11.6 Å². The van der Waals surface area contributed by atoms with Crippen molar-refractivity contribution in [1.82, 2.24) is 4.90 Å². The van der Waals surface area contributed by atoms with Gasteiger partial charge in [0.05, 0.1) is 0 Å². The van der Waals surface area contributed by atoms with Crippen molar-refractivity contribution in [2.24, 2.45) is 0 Å². The van der Waals surface area contributed by atoms with Crippen LogP contribution in [0.15, 0.2) is 24.3 Å². The quantitative estimate of drug-likeness (QED) is 0.702. The van der Waals surface area contributed by atoms with Gasteiger partial charge in [0.2, 0.25) is 0 Å². The lowest BCUT2D eigenvalue weighted by Gasteiger charge is -2.29. The van der Waals surface area contributed by atoms with Crippen molar-refractivity contribution < 1.29 is 4.39 Å². The van der Waals surface area contributed by atoms with Gasteiger partial charge in [-0.25, -0.2) is 4.39 Å². The van der Waals surface area contributed by atoms with E-state index in [0.717, 1.165) is 38.0 Å². The van der Waals surface area contributed by atoms with Crippen molar-refractivity contribution in [2.45, 2.75) is 24.8 Å². The Labute approximate surface area is 94.8 Å². The van der Waals surface area contributed by atoms with Crippen molar-refractivity contribution in [2.75, 3.05) is 13.1 Å². The Kier molecular flexibility index (Phi) is 3.60. The molecule has 0 aliphatic carbocycles. The number of rotatable bonds is 2. The number of alkyl halides is 1. The highest BCUT2D eigenvalue weighted by Crippen LogP contribution is 2.17. The first-order chi connectivity index (χ1) is 7.24. The van der Waals surface area contributed by atoms with Crippen LogP contribution in [0.2, 0.25) is 0 Å². The second-order valence-corrected chi connectivity index (χ2v) is 4.72. The van der Waals surface area contributed by atoms with E-state index < -0.39 is 0 Å². The normalized spacial score (nSPS) is 22.9. The largest absolute Gasteiger partial charge is 0.298 e. The molecule has 0 N–H and O–H groups in total. The van der Waals surface area contributed by atoms with Crippen molar-refractivity contribution in [1.29, 1.82) is 0 Å². The van der Waals surface area contributed by atoms with E-state index in [9.17, 15) is 4.39 Å². The Balaban J connectivity index is 1.93. The Morgan fingerprint density at radius 2 is 2.07 bits per heavy atom. The average molecular weight is 228 g/mol. The van der Waals surface area contributed by atoms with Crippen molar-refractivity contribution in [3.05, 3.63) is 35.6 Å². The zero-order valence-electron chi connectivity index (χ0n) is 8.63. The van der Waals surface area contributed by atoms with E-state index in [4.69, 9.17) is 11.6 Å². The molecule has 2 rings (SSSR count). The van der Waals surface area contributed by atoms with Crippen LogP contribution in [-0.4, -0.2) is 23.4 Å². The van der Waals surface area contributed by atoms with E-state index in [2.05, 4.69) is 4.90 Å². The van der Waals surface area contributed by atoms with Crippen LogP contribution in [-0.2, 0) is 6.54 Å². The van der Waals surface area contributed by atoms with Crippen LogP contribution < -0.4 is 0 Å². The van der Waals surface area contributed by atoms with E-state index >= 15 is 0 Å². The van der Waals surface area contributed by atoms with Gasteiger partial charge in [-0.1, -0.05) is 12.1 Å². The highest BCUT2D eigenvalue weighted by Gasteiger charge is 2.17. The van der Waals surface area contributed by atoms with E-state index in [1.54, 1.807) is 0 Å². The van der Waals surface area contributed by atoms with Gasteiger partial charge in [0.25, 0.3) is 0 Å². The minimum Gasteiger partial charge on any atom is -0.298 e. The third-order valence-corrected chi connectivity index (χ3v) is 3.12. The van der Waals surface area contributed by atoms with Crippen LogP contribution in [0.5, 0.6) is 0 Å². The van der Waals surface area contributed by atoms with Gasteiger partial charge in [-0.05, 0) is 37.1 Å². The number of benzene rings is 1. The van der Waals surface area contributed by atoms with Crippen molar-refractivity contribution in [3.8, 4) is 0 Å². The van der Waals surface area contributed by atoms with E-state index in [-0.39, 0.29) is 11.2 Å². The first-order valence-electron chi connectivity index (χ1n) is 5.35. The molecule has 1 aromatic carbocycles. The molecule has 1 saturated heterocycles. The topological polar surface area (TPSA) is 3.24 Å². The van der Waals surface area contributed by atoms with Gasteiger partial charge in [0, 0.05) is 18.5 Å². The van der Waals surface area contributed by atoms with Crippen molar-refractivity contribution in [3.63, 3.8) is 0 Å². The van der Waals surface area contributed by atoms with Crippen LogP contribution in [0.4, 0.5) is 4.39 Å². The fourth-order valence-corrected chi connectivity index (χ4v) is 2.34. The minimum atomic E-state index is -0.174. The molecule has 1 aliphatic heterocycles. The molecule has 1 unspecified atom stereocenters. The first-order valence-corrected chi connectivity index (χ1v) is 5.78. The molecule has 1 atom stereocenters. The summed E-state index contributed by atoms with van der Waals surface area (Å²) < 4.78 is 12.7. The predicted octanol–water partition coefficient (Wildman–Crippen LogP) is 3.03. The molecule has 0 amide bonds. The second kappa shape index (κ2) is 4.95. The average Bonchev–Trinajstić information content (AvgIpc) is 2.22. The third kappa shape index (κ3) is 3.18. The van der Waals surface area contributed by atoms with Gasteiger partial charge in [-0.15, -0.1) is 11.6 Å². The second-order valence-electron chi connectivity index (χ2n) is 4.10. The lowest BCUT2D eigenvalue weighted by molar-refractivity contribution is 0.224. The summed E-state index contributed by atoms with van der Waals surface area (Å²) in [7, 11) is 0. The summed E-state index contributed by atoms with van der Waals surface area (Å²) in [6, 6.07) is 6.70. The summed E-state index contributed by atoms with van der Waals surface area (Å²) in [6.45, 7) is 2.92. The molecule has 0 spiro atoms. The number of hydrogen-bond acceptors (Lipinski definition) is 1. The summed E-state index contributed by atoms with van der Waals surface area (Å²) in [6.07, 6.45) is 2.27. The molecule has 1 nitrogen and oxygen atoms in total. The Morgan fingerprint density at radius 1 is 1.33 bits per heavy atom. The van der Waals surface area contributed by atoms with E-state index in [1.807, 2.05) is 12.1 Å². The predicted molar refractivity (Wildman–Crippen MR) is 60.6 cm³/mol. The SMILES string of the molecule is Fc1ccc(CN2CCCC(Cl)C2)cc1. The zero-order chi connectivity index (χ0) is 10.7. The Bertz CT molecular complexity index is 312. The van der Waals surface area contributed by atoms with Crippen LogP contribution in [0.3, 0.4) is 0 Å². The summed E-state index contributed by atoms with van der Waals surface area (Å²) in [5.74, 6) is -0.174. The zero-order valence-corrected chi connectivity index (χ0v) is 9.38. The third-order valence-electron chi connectivity index (χ3n) is 2.77. The minimum absolute atomic E-state index is 0.174. The molecule has 3 heteroatoms. The number of hydrogen-bond donors (Lipinski definition) is 0. The number of nitrogens with zero attached hydrogens (tertiary/aromatic N) is 1. The molecule has 0 bridgehead atoms. The van der Waals surface area contributed by atoms with Gasteiger partial charge in [-0.2, -0.15) is 0 Å². The van der Waals surface area contributed by atoms with Crippen LogP contribution in [0.25, 0.3) is 0 Å².